The van der Waals surface area contributed by atoms with Gasteiger partial charge in [-0.25, -0.2) is 0 Å². The molecule has 0 aromatic rings. The van der Waals surface area contributed by atoms with E-state index >= 15 is 0 Å². The fourth-order valence-corrected chi connectivity index (χ4v) is 2.34. The van der Waals surface area contributed by atoms with Gasteiger partial charge < -0.3 is 10.2 Å². The standard InChI is InChI=1S/C10H18N2O/c13-10(12-7-3-4-8-12)9-5-1-2-6-11-9/h9,11H,1-8H2/p+1/t9-/m1/s1. The Bertz CT molecular complexity index is 181. The van der Waals surface area contributed by atoms with Crippen molar-refractivity contribution in [2.45, 2.75) is 38.1 Å². The van der Waals surface area contributed by atoms with Crippen LogP contribution in [0, 0.1) is 0 Å². The van der Waals surface area contributed by atoms with Crippen LogP contribution in [0.2, 0.25) is 0 Å². The molecular formula is C10H19N2O+. The number of hydrogen-bond donors (Lipinski definition) is 1. The van der Waals surface area contributed by atoms with Gasteiger partial charge in [0.25, 0.3) is 5.91 Å². The van der Waals surface area contributed by atoms with E-state index in [-0.39, 0.29) is 6.04 Å². The summed E-state index contributed by atoms with van der Waals surface area (Å²) in [6.07, 6.45) is 6.02. The van der Waals surface area contributed by atoms with Crippen LogP contribution in [0.5, 0.6) is 0 Å². The monoisotopic (exact) mass is 183 g/mol. The molecule has 2 heterocycles. The minimum absolute atomic E-state index is 0.256. The van der Waals surface area contributed by atoms with Crippen LogP contribution >= 0.6 is 0 Å². The van der Waals surface area contributed by atoms with Crippen LogP contribution in [-0.2, 0) is 4.79 Å². The van der Waals surface area contributed by atoms with Gasteiger partial charge in [0.05, 0.1) is 6.54 Å². The Hall–Kier alpha value is -0.570. The summed E-state index contributed by atoms with van der Waals surface area (Å²) in [6, 6.07) is 0.256. The average Bonchev–Trinajstić information content (AvgIpc) is 2.71. The molecule has 0 spiro atoms. The van der Waals surface area contributed by atoms with E-state index in [4.69, 9.17) is 0 Å². The van der Waals surface area contributed by atoms with Crippen molar-refractivity contribution in [1.29, 1.82) is 0 Å². The van der Waals surface area contributed by atoms with E-state index < -0.39 is 0 Å². The maximum Gasteiger partial charge on any atom is 0.280 e. The van der Waals surface area contributed by atoms with E-state index in [2.05, 4.69) is 5.32 Å². The molecule has 2 saturated heterocycles. The molecule has 74 valence electrons. The van der Waals surface area contributed by atoms with Crippen molar-refractivity contribution in [3.8, 4) is 0 Å². The third-order valence-corrected chi connectivity index (χ3v) is 3.16. The molecule has 1 amide bonds. The Morgan fingerprint density at radius 3 is 2.54 bits per heavy atom. The summed E-state index contributed by atoms with van der Waals surface area (Å²) in [6.45, 7) is 3.15. The van der Waals surface area contributed by atoms with Gasteiger partial charge in [-0.15, -0.1) is 0 Å². The summed E-state index contributed by atoms with van der Waals surface area (Å²) in [5.41, 5.74) is 0. The second-order valence-electron chi connectivity index (χ2n) is 4.16. The number of carbonyl (C=O) groups is 1. The van der Waals surface area contributed by atoms with Crippen molar-refractivity contribution in [3.63, 3.8) is 0 Å². The van der Waals surface area contributed by atoms with E-state index in [0.29, 0.717) is 5.91 Å². The molecule has 2 fully saturated rings. The van der Waals surface area contributed by atoms with Crippen LogP contribution in [0.15, 0.2) is 0 Å². The van der Waals surface area contributed by atoms with Crippen LogP contribution in [0.1, 0.15) is 32.1 Å². The van der Waals surface area contributed by atoms with Crippen molar-refractivity contribution < 1.29 is 10.1 Å². The number of piperidine rings is 1. The van der Waals surface area contributed by atoms with Gasteiger partial charge in [-0.1, -0.05) is 0 Å². The van der Waals surface area contributed by atoms with Gasteiger partial charge >= 0.3 is 0 Å². The quantitative estimate of drug-likeness (QED) is 0.596. The Balaban J connectivity index is 1.87. The third-order valence-electron chi connectivity index (χ3n) is 3.16. The third kappa shape index (κ3) is 2.02. The van der Waals surface area contributed by atoms with Gasteiger partial charge in [-0.3, -0.25) is 4.79 Å². The lowest BCUT2D eigenvalue weighted by molar-refractivity contribution is -0.685. The molecule has 2 N–H and O–H groups in total. The normalized spacial score (nSPS) is 29.2. The Morgan fingerprint density at radius 1 is 1.15 bits per heavy atom. The topological polar surface area (TPSA) is 36.9 Å². The fourth-order valence-electron chi connectivity index (χ4n) is 2.34. The Kier molecular flexibility index (Phi) is 2.83. The van der Waals surface area contributed by atoms with E-state index in [9.17, 15) is 4.79 Å². The molecule has 0 radical (unpaired) electrons. The predicted molar refractivity (Wildman–Crippen MR) is 50.2 cm³/mol. The van der Waals surface area contributed by atoms with Gasteiger partial charge in [0.2, 0.25) is 0 Å². The summed E-state index contributed by atoms with van der Waals surface area (Å²) < 4.78 is 0. The number of rotatable bonds is 1. The lowest BCUT2D eigenvalue weighted by atomic mass is 10.0. The first-order chi connectivity index (χ1) is 6.38. The fraction of sp³-hybridized carbons (Fsp3) is 0.900. The van der Waals surface area contributed by atoms with Crippen molar-refractivity contribution in [1.82, 2.24) is 4.90 Å². The summed E-state index contributed by atoms with van der Waals surface area (Å²) in [5, 5.41) is 2.23. The first kappa shape index (κ1) is 9.00. The molecule has 2 aliphatic rings. The van der Waals surface area contributed by atoms with Crippen molar-refractivity contribution in [3.05, 3.63) is 0 Å². The summed E-state index contributed by atoms with van der Waals surface area (Å²) in [4.78, 5) is 13.9. The van der Waals surface area contributed by atoms with Gasteiger partial charge in [0.15, 0.2) is 6.04 Å². The minimum atomic E-state index is 0.256. The highest BCUT2D eigenvalue weighted by Crippen LogP contribution is 2.11. The zero-order valence-corrected chi connectivity index (χ0v) is 8.17. The molecule has 1 atom stereocenters. The smallest absolute Gasteiger partial charge is 0.280 e. The summed E-state index contributed by atoms with van der Waals surface area (Å²) >= 11 is 0. The molecule has 2 rings (SSSR count). The van der Waals surface area contributed by atoms with Crippen molar-refractivity contribution in [2.24, 2.45) is 0 Å². The van der Waals surface area contributed by atoms with Gasteiger partial charge in [0.1, 0.15) is 0 Å². The van der Waals surface area contributed by atoms with Gasteiger partial charge in [-0.05, 0) is 25.7 Å². The van der Waals surface area contributed by atoms with E-state index in [0.717, 1.165) is 26.1 Å². The molecule has 0 aromatic carbocycles. The van der Waals surface area contributed by atoms with E-state index in [1.807, 2.05) is 4.90 Å². The SMILES string of the molecule is O=C([C@H]1CCCC[NH2+]1)N1CCCC1. The largest absolute Gasteiger partial charge is 0.338 e. The van der Waals surface area contributed by atoms with Crippen LogP contribution in [0.25, 0.3) is 0 Å². The number of carbonyl (C=O) groups excluding carboxylic acids is 1. The second kappa shape index (κ2) is 4.09. The lowest BCUT2D eigenvalue weighted by Crippen LogP contribution is -2.93. The highest BCUT2D eigenvalue weighted by Gasteiger charge is 2.29. The number of hydrogen-bond acceptors (Lipinski definition) is 1. The summed E-state index contributed by atoms with van der Waals surface area (Å²) in [5.74, 6) is 0.400. The van der Waals surface area contributed by atoms with E-state index in [1.54, 1.807) is 0 Å². The first-order valence-electron chi connectivity index (χ1n) is 5.50. The zero-order valence-electron chi connectivity index (χ0n) is 8.17. The maximum atomic E-state index is 11.9. The van der Waals surface area contributed by atoms with Crippen LogP contribution in [-0.4, -0.2) is 36.5 Å². The van der Waals surface area contributed by atoms with Crippen LogP contribution in [0.3, 0.4) is 0 Å². The molecular weight excluding hydrogens is 164 g/mol. The summed E-state index contributed by atoms with van der Waals surface area (Å²) in [7, 11) is 0. The number of quaternary nitrogens is 1. The molecule has 0 aromatic heterocycles. The molecule has 13 heavy (non-hydrogen) atoms. The average molecular weight is 183 g/mol. The Labute approximate surface area is 79.5 Å². The van der Waals surface area contributed by atoms with Crippen molar-refractivity contribution in [2.75, 3.05) is 19.6 Å². The second-order valence-corrected chi connectivity index (χ2v) is 4.16. The van der Waals surface area contributed by atoms with Crippen molar-refractivity contribution >= 4 is 5.91 Å². The molecule has 3 heteroatoms. The highest BCUT2D eigenvalue weighted by atomic mass is 16.2. The number of nitrogens with two attached hydrogens (primary N) is 1. The maximum absolute atomic E-state index is 11.9. The Morgan fingerprint density at radius 2 is 1.92 bits per heavy atom. The van der Waals surface area contributed by atoms with Gasteiger partial charge in [-0.2, -0.15) is 0 Å². The zero-order chi connectivity index (χ0) is 9.10. The van der Waals surface area contributed by atoms with Gasteiger partial charge in [0, 0.05) is 19.5 Å². The molecule has 0 saturated carbocycles. The molecule has 0 aliphatic carbocycles. The molecule has 0 bridgehead atoms. The number of likely N-dealkylation sites (tertiary alicyclic amines) is 1. The molecule has 2 aliphatic heterocycles. The van der Waals surface area contributed by atoms with Crippen LogP contribution in [0.4, 0.5) is 0 Å². The van der Waals surface area contributed by atoms with Crippen LogP contribution < -0.4 is 5.32 Å². The number of nitrogens with zero attached hydrogens (tertiary/aromatic N) is 1. The minimum Gasteiger partial charge on any atom is -0.338 e. The predicted octanol–water partition coefficient (Wildman–Crippen LogP) is -0.275. The molecule has 0 unspecified atom stereocenters. The van der Waals surface area contributed by atoms with E-state index in [1.165, 1.54) is 25.7 Å². The highest BCUT2D eigenvalue weighted by molar-refractivity contribution is 5.80. The lowest BCUT2D eigenvalue weighted by Gasteiger charge is -2.24. The molecule has 3 nitrogen and oxygen atoms in total. The first-order valence-corrected chi connectivity index (χ1v) is 5.50. The number of amides is 1.